The molecule has 0 saturated carbocycles. The number of ether oxygens (including phenoxy) is 2. The van der Waals surface area contributed by atoms with E-state index in [1.54, 1.807) is 32.4 Å². The van der Waals surface area contributed by atoms with Gasteiger partial charge in [-0.1, -0.05) is 23.7 Å². The molecule has 1 atom stereocenters. The minimum Gasteiger partial charge on any atom is -0.497 e. The molecule has 1 heterocycles. The van der Waals surface area contributed by atoms with Crippen LogP contribution in [0.5, 0.6) is 11.5 Å². The maximum atomic E-state index is 12.5. The van der Waals surface area contributed by atoms with E-state index in [1.807, 2.05) is 25.1 Å². The second kappa shape index (κ2) is 10.5. The van der Waals surface area contributed by atoms with Gasteiger partial charge in [-0.3, -0.25) is 14.5 Å². The molecule has 2 amide bonds. The Labute approximate surface area is 187 Å². The van der Waals surface area contributed by atoms with Crippen LogP contribution in [-0.4, -0.2) is 50.6 Å². The first kappa shape index (κ1) is 22.9. The first-order valence-electron chi connectivity index (χ1n) is 10.2. The molecule has 1 unspecified atom stereocenters. The summed E-state index contributed by atoms with van der Waals surface area (Å²) in [6.07, 6.45) is 1.92. The zero-order valence-electron chi connectivity index (χ0n) is 18.0. The van der Waals surface area contributed by atoms with Gasteiger partial charge in [0.25, 0.3) is 0 Å². The van der Waals surface area contributed by atoms with Crippen LogP contribution in [0.25, 0.3) is 0 Å². The number of likely N-dealkylation sites (tertiary alicyclic amines) is 1. The normalized spacial score (nSPS) is 16.1. The summed E-state index contributed by atoms with van der Waals surface area (Å²) >= 11 is 6.08. The Morgan fingerprint density at radius 3 is 2.71 bits per heavy atom. The summed E-state index contributed by atoms with van der Waals surface area (Å²) in [5.41, 5.74) is 2.46. The number of benzene rings is 2. The number of nitrogens with one attached hydrogen (secondary N) is 2. The summed E-state index contributed by atoms with van der Waals surface area (Å²) in [4.78, 5) is 26.8. The summed E-state index contributed by atoms with van der Waals surface area (Å²) in [7, 11) is 3.25. The van der Waals surface area contributed by atoms with E-state index in [4.69, 9.17) is 21.1 Å². The lowest BCUT2D eigenvalue weighted by Crippen LogP contribution is -2.40. The summed E-state index contributed by atoms with van der Waals surface area (Å²) in [5, 5.41) is 6.07. The number of hydrogen-bond acceptors (Lipinski definition) is 5. The molecule has 3 rings (SSSR count). The van der Waals surface area contributed by atoms with Crippen molar-refractivity contribution in [3.63, 3.8) is 0 Å². The van der Waals surface area contributed by atoms with Crippen molar-refractivity contribution in [2.24, 2.45) is 0 Å². The third-order valence-corrected chi connectivity index (χ3v) is 5.91. The fraction of sp³-hybridized carbons (Fsp3) is 0.391. The van der Waals surface area contributed by atoms with Gasteiger partial charge in [-0.2, -0.15) is 0 Å². The molecule has 1 saturated heterocycles. The molecule has 7 nitrogen and oxygen atoms in total. The quantitative estimate of drug-likeness (QED) is 0.649. The maximum Gasteiger partial charge on any atom is 0.243 e. The molecule has 0 aliphatic carbocycles. The Balaban J connectivity index is 1.56. The molecule has 0 spiro atoms. The Hall–Kier alpha value is -2.77. The zero-order valence-corrected chi connectivity index (χ0v) is 18.8. The highest BCUT2D eigenvalue weighted by molar-refractivity contribution is 6.31. The molecule has 2 aromatic rings. The highest BCUT2D eigenvalue weighted by Gasteiger charge is 2.30. The van der Waals surface area contributed by atoms with E-state index >= 15 is 0 Å². The summed E-state index contributed by atoms with van der Waals surface area (Å²) < 4.78 is 10.8. The topological polar surface area (TPSA) is 79.9 Å². The van der Waals surface area contributed by atoms with Gasteiger partial charge in [0.15, 0.2) is 0 Å². The molecular formula is C23H28ClN3O4. The lowest BCUT2D eigenvalue weighted by molar-refractivity contribution is -0.125. The number of anilines is 1. The molecule has 1 aliphatic heterocycles. The van der Waals surface area contributed by atoms with Crippen LogP contribution in [0.4, 0.5) is 5.69 Å². The molecular weight excluding hydrogens is 418 g/mol. The van der Waals surface area contributed by atoms with Crippen molar-refractivity contribution in [2.45, 2.75) is 25.8 Å². The van der Waals surface area contributed by atoms with E-state index in [9.17, 15) is 9.59 Å². The monoisotopic (exact) mass is 445 g/mol. The molecule has 8 heteroatoms. The molecule has 166 valence electrons. The third kappa shape index (κ3) is 5.68. The van der Waals surface area contributed by atoms with E-state index in [2.05, 4.69) is 15.5 Å². The molecule has 31 heavy (non-hydrogen) atoms. The first-order chi connectivity index (χ1) is 14.9. The van der Waals surface area contributed by atoms with Crippen LogP contribution in [-0.2, 0) is 9.59 Å². The number of methoxy groups -OCH3 is 2. The summed E-state index contributed by atoms with van der Waals surface area (Å²) in [6.45, 7) is 2.75. The van der Waals surface area contributed by atoms with Crippen LogP contribution in [0, 0.1) is 6.92 Å². The van der Waals surface area contributed by atoms with E-state index in [0.29, 0.717) is 10.7 Å². The minimum absolute atomic E-state index is 0.0783. The Kier molecular flexibility index (Phi) is 7.76. The number of nitrogens with zero attached hydrogens (tertiary/aromatic N) is 1. The molecule has 1 aliphatic rings. The summed E-state index contributed by atoms with van der Waals surface area (Å²) in [5.74, 6) is 0.975. The zero-order chi connectivity index (χ0) is 22.4. The fourth-order valence-corrected chi connectivity index (χ4v) is 3.99. The number of carbonyl (C=O) groups excluding carboxylic acids is 2. The fourth-order valence-electron chi connectivity index (χ4n) is 3.82. The van der Waals surface area contributed by atoms with Gasteiger partial charge >= 0.3 is 0 Å². The lowest BCUT2D eigenvalue weighted by atomic mass is 10.0. The van der Waals surface area contributed by atoms with Gasteiger partial charge in [0.2, 0.25) is 11.8 Å². The van der Waals surface area contributed by atoms with Crippen LogP contribution in [0.2, 0.25) is 5.02 Å². The number of halogens is 1. The van der Waals surface area contributed by atoms with Crippen molar-refractivity contribution in [1.82, 2.24) is 10.2 Å². The van der Waals surface area contributed by atoms with Gasteiger partial charge in [-0.25, -0.2) is 0 Å². The van der Waals surface area contributed by atoms with E-state index in [0.717, 1.165) is 42.0 Å². The van der Waals surface area contributed by atoms with Crippen molar-refractivity contribution in [1.29, 1.82) is 0 Å². The third-order valence-electron chi connectivity index (χ3n) is 5.50. The van der Waals surface area contributed by atoms with Crippen molar-refractivity contribution in [3.8, 4) is 11.5 Å². The Morgan fingerprint density at radius 2 is 1.97 bits per heavy atom. The standard InChI is InChI=1S/C23H28ClN3O4/c1-15-18(24)6-4-7-19(15)26-22(28)13-25-23(29)14-27-11-5-8-20(27)17-10-9-16(30-2)12-21(17)31-3/h4,6-7,9-10,12,20H,5,8,11,13-14H2,1-3H3,(H,25,29)(H,26,28). The van der Waals surface area contributed by atoms with Gasteiger partial charge in [-0.15, -0.1) is 0 Å². The van der Waals surface area contributed by atoms with Crippen molar-refractivity contribution in [3.05, 3.63) is 52.5 Å². The van der Waals surface area contributed by atoms with Crippen LogP contribution in [0.3, 0.4) is 0 Å². The average molecular weight is 446 g/mol. The second-order valence-electron chi connectivity index (χ2n) is 7.47. The largest absolute Gasteiger partial charge is 0.497 e. The van der Waals surface area contributed by atoms with E-state index in [1.165, 1.54) is 0 Å². The maximum absolute atomic E-state index is 12.5. The van der Waals surface area contributed by atoms with Crippen LogP contribution in [0.15, 0.2) is 36.4 Å². The van der Waals surface area contributed by atoms with Gasteiger partial charge in [0.05, 0.1) is 27.3 Å². The predicted molar refractivity (Wildman–Crippen MR) is 121 cm³/mol. The highest BCUT2D eigenvalue weighted by Crippen LogP contribution is 2.38. The molecule has 0 bridgehead atoms. The smallest absolute Gasteiger partial charge is 0.243 e. The van der Waals surface area contributed by atoms with Crippen LogP contribution in [0.1, 0.15) is 30.0 Å². The Bertz CT molecular complexity index is 950. The van der Waals surface area contributed by atoms with Crippen LogP contribution >= 0.6 is 11.6 Å². The van der Waals surface area contributed by atoms with Crippen LogP contribution < -0.4 is 20.1 Å². The highest BCUT2D eigenvalue weighted by atomic mass is 35.5. The Morgan fingerprint density at radius 1 is 1.16 bits per heavy atom. The van der Waals surface area contributed by atoms with Crippen molar-refractivity contribution >= 4 is 29.1 Å². The molecule has 2 aromatic carbocycles. The van der Waals surface area contributed by atoms with Gasteiger partial charge in [-0.05, 0) is 50.1 Å². The lowest BCUT2D eigenvalue weighted by Gasteiger charge is -2.25. The average Bonchev–Trinajstić information content (AvgIpc) is 3.22. The minimum atomic E-state index is -0.298. The van der Waals surface area contributed by atoms with E-state index < -0.39 is 0 Å². The van der Waals surface area contributed by atoms with Crippen molar-refractivity contribution in [2.75, 3.05) is 39.2 Å². The number of hydrogen-bond donors (Lipinski definition) is 2. The second-order valence-corrected chi connectivity index (χ2v) is 7.88. The molecule has 2 N–H and O–H groups in total. The van der Waals surface area contributed by atoms with Gasteiger partial charge in [0.1, 0.15) is 11.5 Å². The van der Waals surface area contributed by atoms with E-state index in [-0.39, 0.29) is 30.9 Å². The SMILES string of the molecule is COc1ccc(C2CCCN2CC(=O)NCC(=O)Nc2cccc(Cl)c2C)c(OC)c1. The predicted octanol–water partition coefficient (Wildman–Crippen LogP) is 3.56. The molecule has 0 aromatic heterocycles. The number of amides is 2. The summed E-state index contributed by atoms with van der Waals surface area (Å²) in [6, 6.07) is 11.1. The first-order valence-corrected chi connectivity index (χ1v) is 10.6. The number of rotatable bonds is 8. The number of carbonyl (C=O) groups is 2. The van der Waals surface area contributed by atoms with Gasteiger partial charge < -0.3 is 20.1 Å². The molecule has 1 fully saturated rings. The van der Waals surface area contributed by atoms with Gasteiger partial charge in [0, 0.05) is 28.4 Å². The van der Waals surface area contributed by atoms with Crippen molar-refractivity contribution < 1.29 is 19.1 Å². The molecule has 0 radical (unpaired) electrons.